The summed E-state index contributed by atoms with van der Waals surface area (Å²) in [7, 11) is -1.46. The number of hydrogen-bond donors (Lipinski definition) is 2. The molecule has 14 aromatic carbocycles. The van der Waals surface area contributed by atoms with Crippen LogP contribution in [-0.2, 0) is 0 Å². The Labute approximate surface area is 545 Å². The Hall–Kier alpha value is -11.7. The number of rotatable bonds is 6. The van der Waals surface area contributed by atoms with Crippen LogP contribution in [-0.4, -0.2) is 26.3 Å². The Kier molecular flexibility index (Phi) is 13.1. The van der Waals surface area contributed by atoms with Crippen molar-refractivity contribution in [2.45, 2.75) is 0 Å². The number of fused-ring (bicyclic) bond motifs is 18. The molecule has 0 aliphatic heterocycles. The number of nitrogens with zero attached hydrogens (tertiary/aromatic N) is 2. The zero-order chi connectivity index (χ0) is 62.5. The van der Waals surface area contributed by atoms with Crippen molar-refractivity contribution >= 4 is 160 Å². The molecule has 0 aliphatic carbocycles. The molecule has 0 radical (unpaired) electrons. The number of halogens is 1. The first-order chi connectivity index (χ1) is 46.3. The van der Waals surface area contributed by atoms with Gasteiger partial charge in [-0.25, -0.2) is 0 Å². The van der Waals surface area contributed by atoms with E-state index in [1.165, 1.54) is 60.3 Å². The Morgan fingerprint density at radius 3 is 0.947 bits per heavy atom. The second-order valence-electron chi connectivity index (χ2n) is 23.9. The number of para-hydroxylation sites is 6. The zero-order valence-electron chi connectivity index (χ0n) is 50.2. The van der Waals surface area contributed by atoms with E-state index in [1.54, 1.807) is 12.1 Å². The highest BCUT2D eigenvalue weighted by Crippen LogP contribution is 2.41. The molecular weight excluding hydrogens is 1220 g/mol. The van der Waals surface area contributed by atoms with Crippen molar-refractivity contribution in [1.29, 1.82) is 0 Å². The fraction of sp³-hybridized carbons (Fsp3) is 0. The summed E-state index contributed by atoms with van der Waals surface area (Å²) in [5.41, 5.74) is 21.3. The Bertz CT molecular complexity index is 6290. The molecule has 0 aliphatic rings. The smallest absolute Gasteiger partial charge is 0.456 e. The molecule has 10 heteroatoms. The van der Waals surface area contributed by atoms with Gasteiger partial charge in [0.1, 0.15) is 44.7 Å². The first-order valence-corrected chi connectivity index (χ1v) is 32.0. The van der Waals surface area contributed by atoms with Crippen LogP contribution in [0.25, 0.3) is 176 Å². The van der Waals surface area contributed by atoms with Crippen LogP contribution in [0.5, 0.6) is 0 Å². The van der Waals surface area contributed by atoms with E-state index in [0.29, 0.717) is 5.46 Å². The average Bonchev–Trinajstić information content (AvgIpc) is 2.01. The molecular formula is C84H52BBrN2O6. The lowest BCUT2D eigenvalue weighted by molar-refractivity contribution is 0.426. The van der Waals surface area contributed by atoms with E-state index in [9.17, 15) is 10.0 Å². The standard InChI is InChI=1S/C42H25NO2.C24H14BrNO.C18H13BO3/c1-4-13-37-31(10-1)32-11-2-5-14-38(32)43(37)30-18-21-42-36(25-30)35-24-29(17-20-41(35)45-42)27-9-7-8-26(22-27)28-16-19-40-34(23-28)33-12-3-6-15-39(33)44-40;25-15-9-11-23-19(13-15)20-14-16(10-12-24(20)27-23)26-21-7-3-1-5-17(21)18-6-2-4-8-22(18)26;20-19(21)14-5-3-4-12(10-14)13-8-9-18-16(11-13)15-6-1-2-7-17(15)22-18/h1-25H;1-14H;1-11,20-21H. The fourth-order valence-electron chi connectivity index (χ4n) is 13.9. The van der Waals surface area contributed by atoms with Crippen LogP contribution < -0.4 is 5.46 Å². The molecule has 0 amide bonds. The van der Waals surface area contributed by atoms with E-state index in [1.807, 2.05) is 72.8 Å². The van der Waals surface area contributed by atoms with Crippen molar-refractivity contribution in [3.05, 3.63) is 308 Å². The van der Waals surface area contributed by atoms with Gasteiger partial charge < -0.3 is 36.9 Å². The summed E-state index contributed by atoms with van der Waals surface area (Å²) in [6, 6.07) is 105. The minimum Gasteiger partial charge on any atom is -0.456 e. The van der Waals surface area contributed by atoms with Gasteiger partial charge in [0.15, 0.2) is 0 Å². The molecule has 0 fully saturated rings. The van der Waals surface area contributed by atoms with Gasteiger partial charge in [0, 0.05) is 80.5 Å². The third kappa shape index (κ3) is 9.37. The van der Waals surface area contributed by atoms with Crippen molar-refractivity contribution in [2.24, 2.45) is 0 Å². The summed E-state index contributed by atoms with van der Waals surface area (Å²) in [6.07, 6.45) is 0. The van der Waals surface area contributed by atoms with E-state index in [4.69, 9.17) is 17.7 Å². The van der Waals surface area contributed by atoms with Crippen LogP contribution in [0.3, 0.4) is 0 Å². The highest BCUT2D eigenvalue weighted by molar-refractivity contribution is 9.10. The topological polar surface area (TPSA) is 103 Å². The summed E-state index contributed by atoms with van der Waals surface area (Å²) >= 11 is 3.58. The largest absolute Gasteiger partial charge is 0.488 e. The minimum absolute atomic E-state index is 0.481. The second kappa shape index (κ2) is 22.3. The van der Waals surface area contributed by atoms with Crippen molar-refractivity contribution in [1.82, 2.24) is 9.13 Å². The van der Waals surface area contributed by atoms with Crippen molar-refractivity contribution in [2.75, 3.05) is 0 Å². The third-order valence-corrected chi connectivity index (χ3v) is 18.8. The van der Waals surface area contributed by atoms with Gasteiger partial charge in [0.25, 0.3) is 0 Å². The molecule has 8 nitrogen and oxygen atoms in total. The first-order valence-electron chi connectivity index (χ1n) is 31.3. The lowest BCUT2D eigenvalue weighted by Gasteiger charge is -2.08. The van der Waals surface area contributed by atoms with E-state index < -0.39 is 7.12 Å². The molecule has 0 atom stereocenters. The normalized spacial score (nSPS) is 11.8. The number of hydrogen-bond acceptors (Lipinski definition) is 6. The molecule has 0 saturated heterocycles. The highest BCUT2D eigenvalue weighted by Gasteiger charge is 2.19. The van der Waals surface area contributed by atoms with Gasteiger partial charge in [-0.2, -0.15) is 0 Å². The molecule has 0 saturated carbocycles. The van der Waals surface area contributed by atoms with E-state index in [-0.39, 0.29) is 0 Å². The Morgan fingerprint density at radius 1 is 0.234 bits per heavy atom. The van der Waals surface area contributed by atoms with Gasteiger partial charge in [-0.3, -0.25) is 0 Å². The highest BCUT2D eigenvalue weighted by atomic mass is 79.9. The van der Waals surface area contributed by atoms with Crippen LogP contribution in [0.15, 0.2) is 325 Å². The minimum atomic E-state index is -1.46. The van der Waals surface area contributed by atoms with Crippen LogP contribution in [0, 0.1) is 0 Å². The van der Waals surface area contributed by atoms with Gasteiger partial charge in [-0.15, -0.1) is 0 Å². The summed E-state index contributed by atoms with van der Waals surface area (Å²) in [5.74, 6) is 0. The van der Waals surface area contributed by atoms with Crippen molar-refractivity contribution in [3.8, 4) is 44.8 Å². The van der Waals surface area contributed by atoms with Gasteiger partial charge in [0.2, 0.25) is 0 Å². The molecule has 6 aromatic heterocycles. The summed E-state index contributed by atoms with van der Waals surface area (Å²) in [4.78, 5) is 0. The first kappa shape index (κ1) is 55.2. The lowest BCUT2D eigenvalue weighted by Crippen LogP contribution is -2.29. The lowest BCUT2D eigenvalue weighted by atomic mass is 9.79. The summed E-state index contributed by atoms with van der Waals surface area (Å²) in [6.45, 7) is 0. The van der Waals surface area contributed by atoms with Crippen LogP contribution in [0.1, 0.15) is 0 Å². The molecule has 6 heterocycles. The monoisotopic (exact) mass is 1270 g/mol. The fourth-order valence-corrected chi connectivity index (χ4v) is 14.3. The van der Waals surface area contributed by atoms with Crippen molar-refractivity contribution in [3.63, 3.8) is 0 Å². The molecule has 444 valence electrons. The maximum atomic E-state index is 9.32. The molecule has 0 unspecified atom stereocenters. The summed E-state index contributed by atoms with van der Waals surface area (Å²) < 4.78 is 30.0. The molecule has 0 bridgehead atoms. The molecule has 20 aromatic rings. The van der Waals surface area contributed by atoms with E-state index in [2.05, 4.69) is 243 Å². The molecule has 94 heavy (non-hydrogen) atoms. The predicted octanol–water partition coefficient (Wildman–Crippen LogP) is 22.3. The van der Waals surface area contributed by atoms with Crippen LogP contribution in [0.2, 0.25) is 0 Å². The third-order valence-electron chi connectivity index (χ3n) is 18.3. The van der Waals surface area contributed by atoms with E-state index in [0.717, 1.165) is 120 Å². The number of benzene rings is 14. The summed E-state index contributed by atoms with van der Waals surface area (Å²) in [5, 5.41) is 32.6. The Balaban J connectivity index is 0.000000113. The number of furan rings is 4. The molecule has 2 N–H and O–H groups in total. The predicted molar refractivity (Wildman–Crippen MR) is 391 cm³/mol. The zero-order valence-corrected chi connectivity index (χ0v) is 51.8. The van der Waals surface area contributed by atoms with Crippen LogP contribution in [0.4, 0.5) is 0 Å². The van der Waals surface area contributed by atoms with E-state index >= 15 is 0 Å². The van der Waals surface area contributed by atoms with Gasteiger partial charge in [-0.05, 0) is 172 Å². The maximum absolute atomic E-state index is 9.32. The van der Waals surface area contributed by atoms with Gasteiger partial charge in [0.05, 0.1) is 22.1 Å². The Morgan fingerprint density at radius 2 is 0.532 bits per heavy atom. The van der Waals surface area contributed by atoms with Gasteiger partial charge in [-0.1, -0.05) is 186 Å². The van der Waals surface area contributed by atoms with Gasteiger partial charge >= 0.3 is 7.12 Å². The second-order valence-corrected chi connectivity index (χ2v) is 24.8. The van der Waals surface area contributed by atoms with Crippen molar-refractivity contribution < 1.29 is 27.7 Å². The molecule has 20 rings (SSSR count). The average molecular weight is 1280 g/mol. The quantitative estimate of drug-likeness (QED) is 0.161. The SMILES string of the molecule is Brc1ccc2oc3ccc(-n4c5ccccc5c5ccccc54)cc3c2c1.OB(O)c1cccc(-c2ccc3oc4ccccc4c3c2)c1.c1cc(-c2ccc3oc4ccccc4c3c2)cc(-c2ccc3oc4ccc(-n5c6ccccc6c6ccccc65)cc4c3c2)c1. The maximum Gasteiger partial charge on any atom is 0.488 e. The number of aromatic nitrogens is 2. The molecule has 0 spiro atoms. The van der Waals surface area contributed by atoms with Crippen LogP contribution >= 0.6 is 15.9 Å².